The second kappa shape index (κ2) is 5.28. The smallest absolute Gasteiger partial charge is 0.316 e. The molecule has 1 fully saturated rings. The molecule has 1 N–H and O–H groups in total. The molecule has 1 aliphatic heterocycles. The zero-order valence-electron chi connectivity index (χ0n) is 10.3. The molecule has 1 atom stereocenters. The number of nitrogens with zero attached hydrogens (tertiary/aromatic N) is 1. The minimum Gasteiger partial charge on any atom is -0.316 e. The number of hydrogen-bond acceptors (Lipinski definition) is 2. The van der Waals surface area contributed by atoms with E-state index >= 15 is 0 Å². The van der Waals surface area contributed by atoms with Gasteiger partial charge in [-0.3, -0.25) is 4.90 Å². The van der Waals surface area contributed by atoms with Gasteiger partial charge in [-0.25, -0.2) is 0 Å². The Morgan fingerprint density at radius 3 is 2.44 bits per heavy atom. The van der Waals surface area contributed by atoms with Gasteiger partial charge >= 0.3 is 6.18 Å². The fourth-order valence-corrected chi connectivity index (χ4v) is 2.27. The molecule has 0 amide bonds. The van der Waals surface area contributed by atoms with Crippen LogP contribution in [0, 0.1) is 0 Å². The monoisotopic (exact) mass is 258 g/mol. The fourth-order valence-electron chi connectivity index (χ4n) is 2.27. The highest BCUT2D eigenvalue weighted by molar-refractivity contribution is 5.24. The Balaban J connectivity index is 1.95. The van der Waals surface area contributed by atoms with Crippen molar-refractivity contribution in [1.82, 2.24) is 10.2 Å². The first-order valence-corrected chi connectivity index (χ1v) is 6.05. The molecular weight excluding hydrogens is 241 g/mol. The Morgan fingerprint density at radius 2 is 1.94 bits per heavy atom. The van der Waals surface area contributed by atoms with Crippen molar-refractivity contribution in [3.63, 3.8) is 0 Å². The van der Waals surface area contributed by atoms with Gasteiger partial charge in [0.05, 0.1) is 5.56 Å². The van der Waals surface area contributed by atoms with Crippen LogP contribution >= 0.6 is 0 Å². The van der Waals surface area contributed by atoms with Gasteiger partial charge in [-0.05, 0) is 31.2 Å². The van der Waals surface area contributed by atoms with Gasteiger partial charge in [-0.15, -0.1) is 0 Å². The molecule has 1 aliphatic rings. The van der Waals surface area contributed by atoms with Crippen LogP contribution in [0.1, 0.15) is 17.5 Å². The number of likely N-dealkylation sites (tertiary alicyclic amines) is 1. The van der Waals surface area contributed by atoms with Crippen LogP contribution < -0.4 is 5.32 Å². The maximum atomic E-state index is 12.4. The fraction of sp³-hybridized carbons (Fsp3) is 0.538. The van der Waals surface area contributed by atoms with Crippen LogP contribution in [-0.4, -0.2) is 31.1 Å². The first-order chi connectivity index (χ1) is 8.49. The largest absolute Gasteiger partial charge is 0.416 e. The summed E-state index contributed by atoms with van der Waals surface area (Å²) in [5, 5.41) is 3.22. The quantitative estimate of drug-likeness (QED) is 0.896. The highest BCUT2D eigenvalue weighted by Crippen LogP contribution is 2.29. The lowest BCUT2D eigenvalue weighted by Crippen LogP contribution is -2.29. The van der Waals surface area contributed by atoms with Crippen molar-refractivity contribution in [3.8, 4) is 0 Å². The molecule has 2 rings (SSSR count). The van der Waals surface area contributed by atoms with Gasteiger partial charge < -0.3 is 5.32 Å². The van der Waals surface area contributed by atoms with Crippen molar-refractivity contribution in [1.29, 1.82) is 0 Å². The minimum absolute atomic E-state index is 0.499. The van der Waals surface area contributed by atoms with E-state index in [1.165, 1.54) is 0 Å². The SMILES string of the molecule is CNC1CCN(Cc2ccc(C(F)(F)F)cc2)C1. The van der Waals surface area contributed by atoms with E-state index in [1.54, 1.807) is 12.1 Å². The number of alkyl halides is 3. The molecule has 1 saturated heterocycles. The predicted octanol–water partition coefficient (Wildman–Crippen LogP) is 2.50. The molecule has 0 aromatic heterocycles. The van der Waals surface area contributed by atoms with Crippen LogP contribution in [0.2, 0.25) is 0 Å². The maximum absolute atomic E-state index is 12.4. The van der Waals surface area contributed by atoms with E-state index in [1.807, 2.05) is 7.05 Å². The van der Waals surface area contributed by atoms with Gasteiger partial charge in [-0.2, -0.15) is 13.2 Å². The summed E-state index contributed by atoms with van der Waals surface area (Å²) < 4.78 is 37.2. The molecule has 0 bridgehead atoms. The number of nitrogens with one attached hydrogen (secondary N) is 1. The molecule has 1 aromatic carbocycles. The van der Waals surface area contributed by atoms with Gasteiger partial charge in [0, 0.05) is 25.7 Å². The first kappa shape index (κ1) is 13.4. The summed E-state index contributed by atoms with van der Waals surface area (Å²) in [6, 6.07) is 5.94. The van der Waals surface area contributed by atoms with Crippen molar-refractivity contribution >= 4 is 0 Å². The van der Waals surface area contributed by atoms with E-state index in [0.717, 1.165) is 43.8 Å². The van der Waals surface area contributed by atoms with Gasteiger partial charge in [0.1, 0.15) is 0 Å². The Morgan fingerprint density at radius 1 is 1.28 bits per heavy atom. The van der Waals surface area contributed by atoms with Crippen LogP contribution in [0.5, 0.6) is 0 Å². The summed E-state index contributed by atoms with van der Waals surface area (Å²) in [7, 11) is 1.94. The van der Waals surface area contributed by atoms with E-state index in [2.05, 4.69) is 10.2 Å². The van der Waals surface area contributed by atoms with E-state index in [0.29, 0.717) is 6.04 Å². The van der Waals surface area contributed by atoms with Crippen LogP contribution in [-0.2, 0) is 12.7 Å². The average Bonchev–Trinajstić information content (AvgIpc) is 2.76. The molecule has 0 radical (unpaired) electrons. The molecule has 0 saturated carbocycles. The van der Waals surface area contributed by atoms with E-state index < -0.39 is 11.7 Å². The lowest BCUT2D eigenvalue weighted by Gasteiger charge is -2.16. The molecule has 1 heterocycles. The van der Waals surface area contributed by atoms with Crippen LogP contribution in [0.3, 0.4) is 0 Å². The highest BCUT2D eigenvalue weighted by Gasteiger charge is 2.30. The summed E-state index contributed by atoms with van der Waals surface area (Å²) in [4.78, 5) is 2.25. The van der Waals surface area contributed by atoms with Crippen LogP contribution in [0.15, 0.2) is 24.3 Å². The van der Waals surface area contributed by atoms with Gasteiger partial charge in [0.25, 0.3) is 0 Å². The van der Waals surface area contributed by atoms with Crippen LogP contribution in [0.25, 0.3) is 0 Å². The molecule has 100 valence electrons. The van der Waals surface area contributed by atoms with Crippen molar-refractivity contribution < 1.29 is 13.2 Å². The number of halogens is 3. The summed E-state index contributed by atoms with van der Waals surface area (Å²) in [6.07, 6.45) is -3.15. The van der Waals surface area contributed by atoms with E-state index in [-0.39, 0.29) is 0 Å². The number of benzene rings is 1. The second-order valence-corrected chi connectivity index (χ2v) is 4.70. The molecule has 18 heavy (non-hydrogen) atoms. The number of hydrogen-bond donors (Lipinski definition) is 1. The Kier molecular flexibility index (Phi) is 3.92. The molecular formula is C13H17F3N2. The summed E-state index contributed by atoms with van der Waals surface area (Å²) in [5.74, 6) is 0. The second-order valence-electron chi connectivity index (χ2n) is 4.70. The molecule has 0 spiro atoms. The lowest BCUT2D eigenvalue weighted by molar-refractivity contribution is -0.137. The molecule has 1 aromatic rings. The zero-order chi connectivity index (χ0) is 13.2. The summed E-state index contributed by atoms with van der Waals surface area (Å²) in [5.41, 5.74) is 0.348. The lowest BCUT2D eigenvalue weighted by atomic mass is 10.1. The third-order valence-electron chi connectivity index (χ3n) is 3.37. The Bertz CT molecular complexity index is 386. The molecule has 0 aliphatic carbocycles. The van der Waals surface area contributed by atoms with E-state index in [4.69, 9.17) is 0 Å². The Labute approximate surface area is 105 Å². The summed E-state index contributed by atoms with van der Waals surface area (Å²) in [6.45, 7) is 2.67. The van der Waals surface area contributed by atoms with Gasteiger partial charge in [0.15, 0.2) is 0 Å². The Hall–Kier alpha value is -1.07. The third kappa shape index (κ3) is 3.23. The highest BCUT2D eigenvalue weighted by atomic mass is 19.4. The molecule has 2 nitrogen and oxygen atoms in total. The molecule has 1 unspecified atom stereocenters. The van der Waals surface area contributed by atoms with Crippen molar-refractivity contribution in [2.75, 3.05) is 20.1 Å². The van der Waals surface area contributed by atoms with Gasteiger partial charge in [0.2, 0.25) is 0 Å². The van der Waals surface area contributed by atoms with Crippen molar-refractivity contribution in [3.05, 3.63) is 35.4 Å². The van der Waals surface area contributed by atoms with E-state index in [9.17, 15) is 13.2 Å². The topological polar surface area (TPSA) is 15.3 Å². The predicted molar refractivity (Wildman–Crippen MR) is 64.2 cm³/mol. The number of rotatable bonds is 3. The minimum atomic E-state index is -4.25. The van der Waals surface area contributed by atoms with Crippen LogP contribution in [0.4, 0.5) is 13.2 Å². The van der Waals surface area contributed by atoms with Crippen molar-refractivity contribution in [2.24, 2.45) is 0 Å². The van der Waals surface area contributed by atoms with Crippen molar-refractivity contribution in [2.45, 2.75) is 25.2 Å². The average molecular weight is 258 g/mol. The zero-order valence-corrected chi connectivity index (χ0v) is 10.3. The maximum Gasteiger partial charge on any atom is 0.416 e. The molecule has 5 heteroatoms. The summed E-state index contributed by atoms with van der Waals surface area (Å²) >= 11 is 0. The van der Waals surface area contributed by atoms with Gasteiger partial charge in [-0.1, -0.05) is 12.1 Å². The normalized spacial score (nSPS) is 21.4. The standard InChI is InChI=1S/C13H17F3N2/c1-17-12-6-7-18(9-12)8-10-2-4-11(5-3-10)13(14,15)16/h2-5,12,17H,6-9H2,1H3. The third-order valence-corrected chi connectivity index (χ3v) is 3.37. The first-order valence-electron chi connectivity index (χ1n) is 6.05. The number of likely N-dealkylation sites (N-methyl/N-ethyl adjacent to an activating group) is 1.